The zero-order valence-electron chi connectivity index (χ0n) is 103. The van der Waals surface area contributed by atoms with Crippen LogP contribution in [0.15, 0.2) is 0 Å². The molecule has 11 saturated heterocycles. The van der Waals surface area contributed by atoms with Crippen molar-refractivity contribution in [2.45, 2.75) is 560 Å². The van der Waals surface area contributed by atoms with E-state index in [-0.39, 0.29) is 0 Å². The molecular formula is C119H259N11. The molecule has 0 unspecified atom stereocenters. The maximum Gasteiger partial charge on any atom is 0.0125 e. The van der Waals surface area contributed by atoms with Crippen LogP contribution in [0.3, 0.4) is 0 Å². The number of rotatable bonds is 0. The second-order valence-corrected chi connectivity index (χ2v) is 55.6. The van der Waals surface area contributed by atoms with Gasteiger partial charge in [-0.25, -0.2) is 0 Å². The summed E-state index contributed by atoms with van der Waals surface area (Å²) < 4.78 is 0. The van der Waals surface area contributed by atoms with E-state index in [1.54, 1.807) is 0 Å². The molecule has 11 nitrogen and oxygen atoms in total. The molecule has 0 aromatic rings. The highest BCUT2D eigenvalue weighted by Gasteiger charge is 2.45. The van der Waals surface area contributed by atoms with Crippen LogP contribution in [-0.4, -0.2) is 259 Å². The van der Waals surface area contributed by atoms with Crippen molar-refractivity contribution in [3.63, 3.8) is 0 Å². The number of likely N-dealkylation sites (tertiary alicyclic amines) is 11. The van der Waals surface area contributed by atoms with E-state index in [1.807, 2.05) is 83.1 Å². The van der Waals surface area contributed by atoms with E-state index in [9.17, 15) is 0 Å². The van der Waals surface area contributed by atoms with Crippen molar-refractivity contribution < 1.29 is 0 Å². The van der Waals surface area contributed by atoms with Gasteiger partial charge in [-0.15, -0.1) is 0 Å². The van der Waals surface area contributed by atoms with E-state index < -0.39 is 0 Å². The minimum atomic E-state index is 0.346. The fourth-order valence-corrected chi connectivity index (χ4v) is 19.1. The third kappa shape index (κ3) is 55.1. The predicted octanol–water partition coefficient (Wildman–Crippen LogP) is 32.1. The van der Waals surface area contributed by atoms with Crippen molar-refractivity contribution in [3.05, 3.63) is 0 Å². The van der Waals surface area contributed by atoms with Gasteiger partial charge in [-0.1, -0.05) is 194 Å². The standard InChI is InChI=1S/C17H34N2.C14H29N.2C13H27N.2C9H19N.4C8H17N.6C2H6/c1-15(2,3)18-11-7-17(8-12-18)9-13-19(14-10-17)16(4,5)6;1-12(2,3)14(7)8-10-15(11-9-14)13(4,5)6;2*1-12(2,3)11-7-9-14(10-8-11)13(4,5)6;2*1-8-5-6-10(7-8)9(2,3)4;4*1-7-5-9(6-7)8(2,3)4;6*1-2/h7-14H2,1-6H3;8-11H2,1-7H3;2*11H,7-10H2,1-6H3;2*8H,5-7H2,1-4H3;4*7H,5-6H2,1-4H3;6*1-2H3/t;;;;2*8-;;;;;;;;;;/m....10........../s1. The molecule has 2 atom stereocenters. The molecule has 0 N–H and O–H groups in total. The van der Waals surface area contributed by atoms with Gasteiger partial charge in [0.1, 0.15) is 0 Å². The Morgan fingerprint density at radius 3 is 0.415 bits per heavy atom. The maximum absolute atomic E-state index is 2.67. The molecule has 130 heavy (non-hydrogen) atoms. The number of hydrogen-bond donors (Lipinski definition) is 0. The van der Waals surface area contributed by atoms with E-state index in [2.05, 4.69) is 393 Å². The van der Waals surface area contributed by atoms with Crippen LogP contribution in [0.1, 0.15) is 499 Å². The van der Waals surface area contributed by atoms with Crippen LogP contribution in [0, 0.1) is 74.4 Å². The minimum absolute atomic E-state index is 0.346. The van der Waals surface area contributed by atoms with Gasteiger partial charge in [-0.2, -0.15) is 0 Å². The molecule has 0 aliphatic carbocycles. The lowest BCUT2D eigenvalue weighted by Gasteiger charge is -2.51. The first-order chi connectivity index (χ1) is 58.6. The van der Waals surface area contributed by atoms with Crippen LogP contribution in [0.5, 0.6) is 0 Å². The Bertz CT molecular complexity index is 2410. The third-order valence-electron chi connectivity index (χ3n) is 30.3. The highest BCUT2D eigenvalue weighted by Crippen LogP contribution is 2.48. The molecule has 11 rings (SSSR count). The largest absolute Gasteiger partial charge is 0.298 e. The predicted molar refractivity (Wildman–Crippen MR) is 599 cm³/mol. The summed E-state index contributed by atoms with van der Waals surface area (Å²) in [6.07, 6.45) is 16.6. The molecule has 11 aliphatic rings. The zero-order valence-corrected chi connectivity index (χ0v) is 103. The topological polar surface area (TPSA) is 35.6 Å². The lowest BCUT2D eigenvalue weighted by atomic mass is 9.62. The van der Waals surface area contributed by atoms with Gasteiger partial charge in [0, 0.05) is 126 Å². The fourth-order valence-electron chi connectivity index (χ4n) is 19.1. The van der Waals surface area contributed by atoms with Crippen molar-refractivity contribution in [2.24, 2.45) is 74.4 Å². The molecule has 790 valence electrons. The summed E-state index contributed by atoms with van der Waals surface area (Å²) in [4.78, 5) is 28.4. The summed E-state index contributed by atoms with van der Waals surface area (Å²) in [5, 5.41) is 0. The van der Waals surface area contributed by atoms with Gasteiger partial charge in [0.15, 0.2) is 0 Å². The minimum Gasteiger partial charge on any atom is -0.298 e. The Kier molecular flexibility index (Phi) is 63.8. The Morgan fingerprint density at radius 1 is 0.169 bits per heavy atom. The van der Waals surface area contributed by atoms with E-state index in [4.69, 9.17) is 0 Å². The highest BCUT2D eigenvalue weighted by molar-refractivity contribution is 4.98. The molecule has 11 aliphatic heterocycles. The molecule has 0 radical (unpaired) electrons. The molecule has 1 spiro atoms. The molecule has 0 amide bonds. The Labute approximate surface area is 827 Å². The SMILES string of the molecule is CC.CC.CC.CC.CC.CC.CC(C)(C)C1CCN(C(C)(C)C)CC1.CC(C)(C)C1CCN(C(C)(C)C)CC1.CC(C)(C)N1CCC(C)(C(C)(C)C)CC1.CC(C)(C)N1CCC2(CC1)CCN(C(C)(C)C)CC2.CC1CN(C(C)(C)C)C1.CC1CN(C(C)(C)C)C1.CC1CN(C(C)(C)C)C1.CC1CN(C(C)(C)C)C1.C[C@@H]1CCN(C(C)(C)C)C1.C[C@H]1CCN(C(C)(C)C)C1. The van der Waals surface area contributed by atoms with E-state index in [0.29, 0.717) is 88.0 Å². The van der Waals surface area contributed by atoms with Gasteiger partial charge in [-0.05, 0) is 458 Å². The van der Waals surface area contributed by atoms with Crippen LogP contribution < -0.4 is 0 Å². The second kappa shape index (κ2) is 60.1. The summed E-state index contributed by atoms with van der Waals surface area (Å²) >= 11 is 0. The van der Waals surface area contributed by atoms with Gasteiger partial charge in [0.2, 0.25) is 0 Å². The van der Waals surface area contributed by atoms with Gasteiger partial charge >= 0.3 is 0 Å². The normalized spacial score (nSPS) is 23.1. The fraction of sp³-hybridized carbons (Fsp3) is 1.00. The summed E-state index contributed by atoms with van der Waals surface area (Å²) in [7, 11) is 0. The Hall–Kier alpha value is -0.440. The molecule has 0 aromatic heterocycles. The van der Waals surface area contributed by atoms with Crippen molar-refractivity contribution >= 4 is 0 Å². The van der Waals surface area contributed by atoms with E-state index in [1.165, 1.54) is 221 Å². The molecular weight excluding hydrogens is 1580 g/mol. The molecule has 0 saturated carbocycles. The summed E-state index contributed by atoms with van der Waals surface area (Å²) in [5.74, 6) is 7.41. The Balaban J connectivity index is -0.000000443. The molecule has 11 fully saturated rings. The summed E-state index contributed by atoms with van der Waals surface area (Å²) in [5.41, 5.74) is 6.85. The van der Waals surface area contributed by atoms with Gasteiger partial charge in [0.05, 0.1) is 0 Å². The molecule has 0 bridgehead atoms. The second-order valence-electron chi connectivity index (χ2n) is 55.6. The maximum atomic E-state index is 2.67. The van der Waals surface area contributed by atoms with E-state index in [0.717, 1.165) is 47.3 Å². The molecule has 11 heteroatoms. The summed E-state index contributed by atoms with van der Waals surface area (Å²) in [6, 6.07) is 0. The smallest absolute Gasteiger partial charge is 0.0125 e. The zero-order chi connectivity index (χ0) is 104. The lowest BCUT2D eigenvalue weighted by molar-refractivity contribution is -0.0162. The first-order valence-corrected chi connectivity index (χ1v) is 55.9. The molecule has 11 heterocycles. The van der Waals surface area contributed by atoms with Gasteiger partial charge in [-0.3, -0.25) is 53.9 Å². The van der Waals surface area contributed by atoms with E-state index >= 15 is 0 Å². The van der Waals surface area contributed by atoms with Crippen LogP contribution in [0.25, 0.3) is 0 Å². The monoisotopic (exact) mass is 1840 g/mol. The average molecular weight is 1840 g/mol. The average Bonchev–Trinajstić information content (AvgIpc) is 0.949. The lowest BCUT2D eigenvalue weighted by Crippen LogP contribution is -2.54. The van der Waals surface area contributed by atoms with Crippen molar-refractivity contribution in [1.82, 2.24) is 53.9 Å². The number of hydrogen-bond acceptors (Lipinski definition) is 11. The van der Waals surface area contributed by atoms with Crippen LogP contribution >= 0.6 is 0 Å². The van der Waals surface area contributed by atoms with Crippen LogP contribution in [-0.2, 0) is 0 Å². The third-order valence-corrected chi connectivity index (χ3v) is 30.3. The first-order valence-electron chi connectivity index (χ1n) is 55.9. The highest BCUT2D eigenvalue weighted by atomic mass is 15.3. The Morgan fingerprint density at radius 2 is 0.308 bits per heavy atom. The van der Waals surface area contributed by atoms with Crippen molar-refractivity contribution in [1.29, 1.82) is 0 Å². The quantitative estimate of drug-likeness (QED) is 0.233. The van der Waals surface area contributed by atoms with Crippen LogP contribution in [0.4, 0.5) is 0 Å². The first kappa shape index (κ1) is 138. The van der Waals surface area contributed by atoms with Gasteiger partial charge in [0.25, 0.3) is 0 Å². The van der Waals surface area contributed by atoms with Gasteiger partial charge < -0.3 is 0 Å². The van der Waals surface area contributed by atoms with Crippen LogP contribution in [0.2, 0.25) is 0 Å². The number of nitrogens with zero attached hydrogens (tertiary/aromatic N) is 11. The van der Waals surface area contributed by atoms with Crippen molar-refractivity contribution in [2.75, 3.05) is 144 Å². The number of piperidine rings is 5. The van der Waals surface area contributed by atoms with Crippen molar-refractivity contribution in [3.8, 4) is 0 Å². The summed E-state index contributed by atoms with van der Waals surface area (Å²) in [6.45, 7) is 166. The molecule has 0 aromatic carbocycles.